The molecule has 0 aromatic heterocycles. The van der Waals surface area contributed by atoms with Crippen molar-refractivity contribution in [2.24, 2.45) is 0 Å². The summed E-state index contributed by atoms with van der Waals surface area (Å²) in [6, 6.07) is 18.9. The second-order valence-corrected chi connectivity index (χ2v) is 6.92. The number of rotatable bonds is 2. The monoisotopic (exact) mass is 371 g/mol. The lowest BCUT2D eigenvalue weighted by Crippen LogP contribution is -2.28. The Bertz CT molecular complexity index is 1010. The van der Waals surface area contributed by atoms with Crippen LogP contribution < -0.4 is 9.80 Å². The third-order valence-corrected chi connectivity index (χ3v) is 5.18. The van der Waals surface area contributed by atoms with E-state index in [1.807, 2.05) is 23.3 Å². The number of fused-ring (bicyclic) bond motifs is 5. The molecule has 0 amide bonds. The molecule has 5 rings (SSSR count). The molecule has 2 bridgehead atoms. The summed E-state index contributed by atoms with van der Waals surface area (Å²) in [4.78, 5) is 6.05. The Morgan fingerprint density at radius 1 is 1.00 bits per heavy atom. The molecule has 0 aliphatic carbocycles. The predicted molar refractivity (Wildman–Crippen MR) is 95.5 cm³/mol. The average molecular weight is 371 g/mol. The molecule has 1 unspecified atom stereocenters. The van der Waals surface area contributed by atoms with E-state index in [9.17, 15) is 13.2 Å². The molecule has 27 heavy (non-hydrogen) atoms. The molecule has 1 saturated heterocycles. The van der Waals surface area contributed by atoms with E-state index in [-0.39, 0.29) is 17.9 Å². The SMILES string of the molecule is FC(F)(F)Oc1ccc2c(c1)CC1C[C@@H](c3cccc4ccccc34)N2O1. The highest BCUT2D eigenvalue weighted by molar-refractivity contribution is 5.86. The van der Waals surface area contributed by atoms with E-state index in [0.29, 0.717) is 6.42 Å². The van der Waals surface area contributed by atoms with Crippen molar-refractivity contribution in [3.8, 4) is 5.75 Å². The number of ether oxygens (including phenoxy) is 1. The summed E-state index contributed by atoms with van der Waals surface area (Å²) in [6.45, 7) is 0. The van der Waals surface area contributed by atoms with Crippen LogP contribution in [0, 0.1) is 0 Å². The van der Waals surface area contributed by atoms with E-state index in [2.05, 4.69) is 29.0 Å². The van der Waals surface area contributed by atoms with Gasteiger partial charge in [0.25, 0.3) is 0 Å². The molecule has 3 aromatic carbocycles. The van der Waals surface area contributed by atoms with Gasteiger partial charge < -0.3 is 4.74 Å². The van der Waals surface area contributed by atoms with Crippen molar-refractivity contribution < 1.29 is 22.7 Å². The highest BCUT2D eigenvalue weighted by atomic mass is 19.4. The van der Waals surface area contributed by atoms with Crippen molar-refractivity contribution in [3.05, 3.63) is 71.8 Å². The van der Waals surface area contributed by atoms with E-state index in [1.54, 1.807) is 6.07 Å². The van der Waals surface area contributed by atoms with E-state index >= 15 is 0 Å². The highest BCUT2D eigenvalue weighted by Gasteiger charge is 2.41. The minimum atomic E-state index is -4.69. The van der Waals surface area contributed by atoms with Gasteiger partial charge in [-0.05, 0) is 40.1 Å². The molecule has 1 fully saturated rings. The van der Waals surface area contributed by atoms with Crippen molar-refractivity contribution in [2.75, 3.05) is 5.06 Å². The lowest BCUT2D eigenvalue weighted by molar-refractivity contribution is -0.274. The highest BCUT2D eigenvalue weighted by Crippen LogP contribution is 2.47. The van der Waals surface area contributed by atoms with Crippen LogP contribution in [-0.2, 0) is 11.3 Å². The lowest BCUT2D eigenvalue weighted by atomic mass is 9.95. The summed E-state index contributed by atoms with van der Waals surface area (Å²) >= 11 is 0. The normalized spacial score (nSPS) is 21.4. The van der Waals surface area contributed by atoms with Crippen molar-refractivity contribution in [1.29, 1.82) is 0 Å². The smallest absolute Gasteiger partial charge is 0.406 e. The molecule has 6 heteroatoms. The second kappa shape index (κ2) is 5.89. The molecule has 0 radical (unpaired) electrons. The van der Waals surface area contributed by atoms with Gasteiger partial charge >= 0.3 is 6.36 Å². The van der Waals surface area contributed by atoms with Gasteiger partial charge in [-0.15, -0.1) is 13.2 Å². The zero-order valence-electron chi connectivity index (χ0n) is 14.2. The topological polar surface area (TPSA) is 21.7 Å². The van der Waals surface area contributed by atoms with Gasteiger partial charge in [0.1, 0.15) is 5.75 Å². The maximum absolute atomic E-state index is 12.5. The largest absolute Gasteiger partial charge is 0.573 e. The first-order chi connectivity index (χ1) is 13.0. The van der Waals surface area contributed by atoms with Crippen LogP contribution in [0.4, 0.5) is 18.9 Å². The minimum absolute atomic E-state index is 0.0248. The summed E-state index contributed by atoms with van der Waals surface area (Å²) in [6.07, 6.45) is -3.38. The number of hydroxylamine groups is 1. The molecular weight excluding hydrogens is 355 g/mol. The average Bonchev–Trinajstić information content (AvgIpc) is 2.97. The zero-order chi connectivity index (χ0) is 18.6. The van der Waals surface area contributed by atoms with Crippen LogP contribution in [0.25, 0.3) is 10.8 Å². The summed E-state index contributed by atoms with van der Waals surface area (Å²) < 4.78 is 41.6. The number of alkyl halides is 3. The first kappa shape index (κ1) is 16.4. The fourth-order valence-corrected chi connectivity index (χ4v) is 4.14. The third-order valence-electron chi connectivity index (χ3n) is 5.18. The molecule has 0 spiro atoms. The van der Waals surface area contributed by atoms with Gasteiger partial charge in [0.2, 0.25) is 0 Å². The van der Waals surface area contributed by atoms with Gasteiger partial charge in [-0.2, -0.15) is 0 Å². The summed E-state index contributed by atoms with van der Waals surface area (Å²) in [5.41, 5.74) is 2.78. The summed E-state index contributed by atoms with van der Waals surface area (Å²) in [7, 11) is 0. The number of halogens is 3. The van der Waals surface area contributed by atoms with Crippen molar-refractivity contribution in [1.82, 2.24) is 0 Å². The molecule has 2 heterocycles. The molecule has 0 saturated carbocycles. The quantitative estimate of drug-likeness (QED) is 0.590. The van der Waals surface area contributed by atoms with Crippen LogP contribution in [0.1, 0.15) is 23.6 Å². The molecule has 138 valence electrons. The molecule has 2 atom stereocenters. The number of nitrogens with zero attached hydrogens (tertiary/aromatic N) is 1. The van der Waals surface area contributed by atoms with Crippen LogP contribution in [0.15, 0.2) is 60.7 Å². The maximum Gasteiger partial charge on any atom is 0.573 e. The van der Waals surface area contributed by atoms with Crippen LogP contribution in [0.5, 0.6) is 5.75 Å². The lowest BCUT2D eigenvalue weighted by Gasteiger charge is -2.31. The van der Waals surface area contributed by atoms with Crippen LogP contribution >= 0.6 is 0 Å². The van der Waals surface area contributed by atoms with Crippen molar-refractivity contribution >= 4 is 16.5 Å². The number of anilines is 1. The fourth-order valence-electron chi connectivity index (χ4n) is 4.14. The van der Waals surface area contributed by atoms with E-state index in [4.69, 9.17) is 4.84 Å². The number of hydrogen-bond donors (Lipinski definition) is 0. The Morgan fingerprint density at radius 2 is 1.81 bits per heavy atom. The van der Waals surface area contributed by atoms with Gasteiger partial charge in [0.15, 0.2) is 0 Å². The second-order valence-electron chi connectivity index (χ2n) is 6.92. The Hall–Kier alpha value is -2.73. The maximum atomic E-state index is 12.5. The van der Waals surface area contributed by atoms with Gasteiger partial charge in [-0.3, -0.25) is 4.84 Å². The molecule has 3 aromatic rings. The standard InChI is InChI=1S/C21H16F3NO2/c22-21(23,24)26-15-8-9-19-14(10-15)11-16-12-20(25(19)27-16)18-7-3-5-13-4-1-2-6-17(13)18/h1-10,16,20H,11-12H2/t16?,20-/m0/s1. The Kier molecular flexibility index (Phi) is 3.59. The molecule has 2 aliphatic heterocycles. The van der Waals surface area contributed by atoms with Gasteiger partial charge in [-0.25, -0.2) is 5.06 Å². The van der Waals surface area contributed by atoms with E-state index < -0.39 is 6.36 Å². The molecule has 2 aliphatic rings. The van der Waals surface area contributed by atoms with Gasteiger partial charge in [0, 0.05) is 12.8 Å². The van der Waals surface area contributed by atoms with Crippen molar-refractivity contribution in [3.63, 3.8) is 0 Å². The fraction of sp³-hybridized carbons (Fsp3) is 0.238. The van der Waals surface area contributed by atoms with Gasteiger partial charge in [-0.1, -0.05) is 42.5 Å². The minimum Gasteiger partial charge on any atom is -0.406 e. The van der Waals surface area contributed by atoms with Crippen LogP contribution in [-0.4, -0.2) is 12.5 Å². The van der Waals surface area contributed by atoms with Crippen LogP contribution in [0.2, 0.25) is 0 Å². The summed E-state index contributed by atoms with van der Waals surface area (Å²) in [5.74, 6) is -0.189. The zero-order valence-corrected chi connectivity index (χ0v) is 14.2. The first-order valence-electron chi connectivity index (χ1n) is 8.80. The first-order valence-corrected chi connectivity index (χ1v) is 8.80. The molecule has 3 nitrogen and oxygen atoms in total. The molecule has 0 N–H and O–H groups in total. The Balaban J connectivity index is 1.54. The van der Waals surface area contributed by atoms with E-state index in [1.165, 1.54) is 23.1 Å². The van der Waals surface area contributed by atoms with Crippen LogP contribution in [0.3, 0.4) is 0 Å². The Labute approximate surface area is 153 Å². The predicted octanol–water partition coefficient (Wildman–Crippen LogP) is 5.55. The van der Waals surface area contributed by atoms with Crippen molar-refractivity contribution in [2.45, 2.75) is 31.3 Å². The third kappa shape index (κ3) is 2.90. The Morgan fingerprint density at radius 3 is 2.67 bits per heavy atom. The molecular formula is C21H16F3NO2. The number of benzene rings is 3. The van der Waals surface area contributed by atoms with E-state index in [0.717, 1.165) is 23.1 Å². The number of hydrogen-bond acceptors (Lipinski definition) is 3. The summed E-state index contributed by atoms with van der Waals surface area (Å²) in [5, 5.41) is 4.18. The van der Waals surface area contributed by atoms with Gasteiger partial charge in [0.05, 0.1) is 17.8 Å².